The topological polar surface area (TPSA) is 27.3 Å². The van der Waals surface area contributed by atoms with Crippen LogP contribution >= 0.6 is 23.8 Å². The lowest BCUT2D eigenvalue weighted by Crippen LogP contribution is -2.33. The second-order valence-electron chi connectivity index (χ2n) is 7.55. The number of aryl methyl sites for hydroxylation is 1. The molecule has 2 aromatic carbocycles. The van der Waals surface area contributed by atoms with E-state index in [0.717, 1.165) is 35.3 Å². The average molecular weight is 402 g/mol. The average Bonchev–Trinajstić information content (AvgIpc) is 2.65. The molecule has 27 heavy (non-hydrogen) atoms. The predicted molar refractivity (Wildman–Crippen MR) is 121 cm³/mol. The minimum Gasteiger partial charge on any atom is -0.372 e. The van der Waals surface area contributed by atoms with Gasteiger partial charge in [0.2, 0.25) is 0 Å². The maximum atomic E-state index is 6.18. The number of halogens is 1. The van der Waals surface area contributed by atoms with E-state index in [4.69, 9.17) is 23.8 Å². The van der Waals surface area contributed by atoms with Crippen molar-refractivity contribution in [2.45, 2.75) is 39.7 Å². The summed E-state index contributed by atoms with van der Waals surface area (Å²) in [6, 6.07) is 14.8. The van der Waals surface area contributed by atoms with Crippen LogP contribution < -0.4 is 15.5 Å². The van der Waals surface area contributed by atoms with Crippen molar-refractivity contribution in [1.82, 2.24) is 5.32 Å². The molecule has 0 aromatic heterocycles. The zero-order valence-electron chi connectivity index (χ0n) is 16.3. The molecule has 1 heterocycles. The molecule has 0 saturated carbocycles. The third-order valence-corrected chi connectivity index (χ3v) is 5.95. The third-order valence-electron chi connectivity index (χ3n) is 5.32. The summed E-state index contributed by atoms with van der Waals surface area (Å²) in [5.41, 5.74) is 4.48. The van der Waals surface area contributed by atoms with Gasteiger partial charge in [-0.25, -0.2) is 0 Å². The van der Waals surface area contributed by atoms with Gasteiger partial charge in [0.05, 0.1) is 6.04 Å². The van der Waals surface area contributed by atoms with E-state index >= 15 is 0 Å². The first kappa shape index (κ1) is 20.0. The number of hydrogen-bond donors (Lipinski definition) is 2. The first-order chi connectivity index (χ1) is 12.9. The standard InChI is InChI=1S/C22H28ClN3S/c1-15-10-12-26(13-11-15)20-8-5-18(6-9-20)17(3)24-22(27)25-19-7-4-16(2)21(23)14-19/h4-9,14-15,17H,10-13H2,1-3H3,(H2,24,25,27). The molecule has 0 radical (unpaired) electrons. The molecule has 3 nitrogen and oxygen atoms in total. The second-order valence-corrected chi connectivity index (χ2v) is 8.36. The van der Waals surface area contributed by atoms with Gasteiger partial charge < -0.3 is 15.5 Å². The Morgan fingerprint density at radius 1 is 1.15 bits per heavy atom. The van der Waals surface area contributed by atoms with Crippen LogP contribution in [-0.4, -0.2) is 18.2 Å². The summed E-state index contributed by atoms with van der Waals surface area (Å²) in [5, 5.41) is 7.88. The van der Waals surface area contributed by atoms with Crippen molar-refractivity contribution in [3.05, 3.63) is 58.6 Å². The second kappa shape index (κ2) is 8.94. The van der Waals surface area contributed by atoms with Gasteiger partial charge in [0.1, 0.15) is 0 Å². The zero-order valence-corrected chi connectivity index (χ0v) is 17.8. The molecule has 0 bridgehead atoms. The zero-order chi connectivity index (χ0) is 19.4. The quantitative estimate of drug-likeness (QED) is 0.620. The van der Waals surface area contributed by atoms with Crippen LogP contribution in [-0.2, 0) is 0 Å². The Bertz CT molecular complexity index is 783. The summed E-state index contributed by atoms with van der Waals surface area (Å²) in [6.45, 7) is 8.75. The smallest absolute Gasteiger partial charge is 0.171 e. The van der Waals surface area contributed by atoms with Gasteiger partial charge in [0, 0.05) is 29.5 Å². The molecule has 2 aromatic rings. The van der Waals surface area contributed by atoms with E-state index in [1.807, 2.05) is 25.1 Å². The Morgan fingerprint density at radius 3 is 2.44 bits per heavy atom. The number of thiocarbonyl (C=S) groups is 1. The molecular weight excluding hydrogens is 374 g/mol. The van der Waals surface area contributed by atoms with Gasteiger partial charge >= 0.3 is 0 Å². The highest BCUT2D eigenvalue weighted by molar-refractivity contribution is 7.80. The number of rotatable bonds is 4. The largest absolute Gasteiger partial charge is 0.372 e. The summed E-state index contributed by atoms with van der Waals surface area (Å²) in [4.78, 5) is 2.48. The van der Waals surface area contributed by atoms with Crippen LogP contribution in [0, 0.1) is 12.8 Å². The number of benzene rings is 2. The fourth-order valence-electron chi connectivity index (χ4n) is 3.36. The molecule has 0 aliphatic carbocycles. The Hall–Kier alpha value is -1.78. The van der Waals surface area contributed by atoms with Crippen LogP contribution in [0.5, 0.6) is 0 Å². The monoisotopic (exact) mass is 401 g/mol. The minimum absolute atomic E-state index is 0.126. The van der Waals surface area contributed by atoms with E-state index in [1.54, 1.807) is 0 Å². The summed E-state index contributed by atoms with van der Waals surface area (Å²) >= 11 is 11.6. The van der Waals surface area contributed by atoms with Gasteiger partial charge in [-0.1, -0.05) is 36.7 Å². The van der Waals surface area contributed by atoms with Gasteiger partial charge in [0.15, 0.2) is 5.11 Å². The molecular formula is C22H28ClN3S. The van der Waals surface area contributed by atoms with E-state index in [9.17, 15) is 0 Å². The van der Waals surface area contributed by atoms with E-state index in [1.165, 1.54) is 24.1 Å². The van der Waals surface area contributed by atoms with E-state index in [-0.39, 0.29) is 6.04 Å². The van der Waals surface area contributed by atoms with Gasteiger partial charge in [-0.3, -0.25) is 0 Å². The van der Waals surface area contributed by atoms with Crippen LogP contribution in [0.2, 0.25) is 5.02 Å². The van der Waals surface area contributed by atoms with E-state index < -0.39 is 0 Å². The lowest BCUT2D eigenvalue weighted by Gasteiger charge is -2.32. The Labute approximate surface area is 173 Å². The Balaban J connectivity index is 1.56. The number of nitrogens with zero attached hydrogens (tertiary/aromatic N) is 1. The molecule has 1 saturated heterocycles. The molecule has 2 N–H and O–H groups in total. The maximum absolute atomic E-state index is 6.18. The highest BCUT2D eigenvalue weighted by Gasteiger charge is 2.16. The highest BCUT2D eigenvalue weighted by atomic mass is 35.5. The fourth-order valence-corrected chi connectivity index (χ4v) is 3.83. The molecule has 1 aliphatic heterocycles. The molecule has 1 aliphatic rings. The minimum atomic E-state index is 0.126. The van der Waals surface area contributed by atoms with Crippen molar-refractivity contribution in [1.29, 1.82) is 0 Å². The molecule has 0 spiro atoms. The first-order valence-corrected chi connectivity index (χ1v) is 10.4. The molecule has 1 atom stereocenters. The first-order valence-electron chi connectivity index (χ1n) is 9.61. The SMILES string of the molecule is Cc1ccc(NC(=S)NC(C)c2ccc(N3CCC(C)CC3)cc2)cc1Cl. The summed E-state index contributed by atoms with van der Waals surface area (Å²) in [7, 11) is 0. The number of hydrogen-bond acceptors (Lipinski definition) is 2. The fraction of sp³-hybridized carbons (Fsp3) is 0.409. The molecule has 1 unspecified atom stereocenters. The van der Waals surface area contributed by atoms with Gasteiger partial charge in [-0.05, 0) is 80.2 Å². The van der Waals surface area contributed by atoms with Crippen LogP contribution in [0.1, 0.15) is 43.9 Å². The Kier molecular flexibility index (Phi) is 6.61. The lowest BCUT2D eigenvalue weighted by atomic mass is 9.98. The third kappa shape index (κ3) is 5.36. The van der Waals surface area contributed by atoms with Gasteiger partial charge in [0.25, 0.3) is 0 Å². The van der Waals surface area contributed by atoms with Crippen LogP contribution in [0.4, 0.5) is 11.4 Å². The summed E-state index contributed by atoms with van der Waals surface area (Å²) < 4.78 is 0. The Morgan fingerprint density at radius 2 is 1.81 bits per heavy atom. The normalized spacial score (nSPS) is 16.1. The van der Waals surface area contributed by atoms with Crippen LogP contribution in [0.25, 0.3) is 0 Å². The number of piperidine rings is 1. The van der Waals surface area contributed by atoms with Crippen molar-refractivity contribution in [2.75, 3.05) is 23.3 Å². The molecule has 3 rings (SSSR count). The van der Waals surface area contributed by atoms with Crippen molar-refractivity contribution in [2.24, 2.45) is 5.92 Å². The van der Waals surface area contributed by atoms with Gasteiger partial charge in [-0.15, -0.1) is 0 Å². The van der Waals surface area contributed by atoms with Crippen LogP contribution in [0.15, 0.2) is 42.5 Å². The molecule has 0 amide bonds. The summed E-state index contributed by atoms with van der Waals surface area (Å²) in [6.07, 6.45) is 2.56. The molecule has 1 fully saturated rings. The molecule has 5 heteroatoms. The lowest BCUT2D eigenvalue weighted by molar-refractivity contribution is 0.438. The van der Waals surface area contributed by atoms with Crippen molar-refractivity contribution in [3.63, 3.8) is 0 Å². The highest BCUT2D eigenvalue weighted by Crippen LogP contribution is 2.25. The molecule has 144 valence electrons. The predicted octanol–water partition coefficient (Wildman–Crippen LogP) is 5.93. The van der Waals surface area contributed by atoms with E-state index in [0.29, 0.717) is 5.11 Å². The van der Waals surface area contributed by atoms with Crippen molar-refractivity contribution >= 4 is 40.3 Å². The van der Waals surface area contributed by atoms with E-state index in [2.05, 4.69) is 53.6 Å². The maximum Gasteiger partial charge on any atom is 0.171 e. The van der Waals surface area contributed by atoms with Crippen LogP contribution in [0.3, 0.4) is 0 Å². The number of anilines is 2. The van der Waals surface area contributed by atoms with Gasteiger partial charge in [-0.2, -0.15) is 0 Å². The van der Waals surface area contributed by atoms with Crippen molar-refractivity contribution < 1.29 is 0 Å². The van der Waals surface area contributed by atoms with Crippen molar-refractivity contribution in [3.8, 4) is 0 Å². The summed E-state index contributed by atoms with van der Waals surface area (Å²) in [5.74, 6) is 0.849. The number of nitrogens with one attached hydrogen (secondary N) is 2.